The molecule has 1 aromatic carbocycles. The molecule has 2 N–H and O–H groups in total. The van der Waals surface area contributed by atoms with Crippen LogP contribution in [0, 0.1) is 46.3 Å². The summed E-state index contributed by atoms with van der Waals surface area (Å²) < 4.78 is 0. The highest BCUT2D eigenvalue weighted by Crippen LogP contribution is 2.61. The van der Waals surface area contributed by atoms with Crippen LogP contribution in [0.2, 0.25) is 0 Å². The van der Waals surface area contributed by atoms with Crippen LogP contribution in [0.5, 0.6) is 0 Å². The molecule has 8 aliphatic carbocycles. The molecule has 0 heterocycles. The minimum Gasteiger partial charge on any atom is -0.267 e. The number of nitrogens with zero attached hydrogens (tertiary/aromatic N) is 2. The molecule has 8 fully saturated rings. The molecule has 6 nitrogen and oxygen atoms in total. The van der Waals surface area contributed by atoms with E-state index in [4.69, 9.17) is 0 Å². The van der Waals surface area contributed by atoms with E-state index in [1.54, 1.807) is 24.3 Å². The van der Waals surface area contributed by atoms with Crippen LogP contribution in [0.15, 0.2) is 34.5 Å². The van der Waals surface area contributed by atoms with E-state index in [-0.39, 0.29) is 22.6 Å². The second kappa shape index (κ2) is 9.02. The number of amides is 2. The van der Waals surface area contributed by atoms with Crippen LogP contribution in [0.3, 0.4) is 0 Å². The Kier molecular flexibility index (Phi) is 5.83. The standard InChI is InChI=1S/C32H42N4O2/c1-19(31-13-21-7-22(14-31)9-23(8-21)15-31)33-35-29(37)27-3-5-28(6-4-27)30(38)36-34-20(2)32-16-24-10-25(17-32)12-26(11-24)18-32/h3-6,21-26H,7-18H2,1-2H3,(H,35,37)(H,36,38)/b33-19+,34-20+. The maximum atomic E-state index is 12.8. The van der Waals surface area contributed by atoms with Crippen molar-refractivity contribution in [3.63, 3.8) is 0 Å². The van der Waals surface area contributed by atoms with Crippen molar-refractivity contribution in [1.82, 2.24) is 10.9 Å². The molecule has 0 spiro atoms. The van der Waals surface area contributed by atoms with Crippen LogP contribution in [-0.2, 0) is 0 Å². The lowest BCUT2D eigenvalue weighted by molar-refractivity contribution is -0.0129. The average molecular weight is 515 g/mol. The summed E-state index contributed by atoms with van der Waals surface area (Å²) in [4.78, 5) is 25.7. The van der Waals surface area contributed by atoms with Crippen molar-refractivity contribution in [3.05, 3.63) is 35.4 Å². The summed E-state index contributed by atoms with van der Waals surface area (Å²) in [7, 11) is 0. The maximum Gasteiger partial charge on any atom is 0.271 e. The first-order valence-corrected chi connectivity index (χ1v) is 15.1. The Bertz CT molecular complexity index is 1030. The first kappa shape index (κ1) is 24.5. The van der Waals surface area contributed by atoms with Gasteiger partial charge in [0.15, 0.2) is 0 Å². The molecule has 8 aliphatic rings. The number of carbonyl (C=O) groups excluding carboxylic acids is 2. The Morgan fingerprint density at radius 1 is 0.579 bits per heavy atom. The fourth-order valence-corrected chi connectivity index (χ4v) is 10.5. The van der Waals surface area contributed by atoms with Crippen LogP contribution in [-0.4, -0.2) is 23.2 Å². The number of benzene rings is 1. The molecule has 0 aliphatic heterocycles. The number of nitrogens with one attached hydrogen (secondary N) is 2. The third kappa shape index (κ3) is 4.23. The van der Waals surface area contributed by atoms with Gasteiger partial charge in [-0.05, 0) is 151 Å². The van der Waals surface area contributed by atoms with E-state index in [1.165, 1.54) is 77.0 Å². The van der Waals surface area contributed by atoms with Crippen LogP contribution in [0.1, 0.15) is 112 Å². The summed E-state index contributed by atoms with van der Waals surface area (Å²) >= 11 is 0. The third-order valence-corrected chi connectivity index (χ3v) is 11.7. The lowest BCUT2D eigenvalue weighted by atomic mass is 9.48. The van der Waals surface area contributed by atoms with Crippen LogP contribution in [0.25, 0.3) is 0 Å². The molecule has 0 radical (unpaired) electrons. The van der Waals surface area contributed by atoms with Gasteiger partial charge in [-0.2, -0.15) is 10.2 Å². The van der Waals surface area contributed by atoms with E-state index >= 15 is 0 Å². The Morgan fingerprint density at radius 3 is 1.11 bits per heavy atom. The van der Waals surface area contributed by atoms with Gasteiger partial charge in [0.05, 0.1) is 0 Å². The second-order valence-electron chi connectivity index (χ2n) is 14.2. The van der Waals surface area contributed by atoms with Crippen molar-refractivity contribution in [2.75, 3.05) is 0 Å². The van der Waals surface area contributed by atoms with Crippen LogP contribution in [0.4, 0.5) is 0 Å². The second-order valence-corrected chi connectivity index (χ2v) is 14.2. The van der Waals surface area contributed by atoms with Gasteiger partial charge in [0.25, 0.3) is 11.8 Å². The zero-order valence-corrected chi connectivity index (χ0v) is 23.0. The number of hydrogen-bond acceptors (Lipinski definition) is 4. The first-order valence-electron chi connectivity index (χ1n) is 15.1. The monoisotopic (exact) mass is 514 g/mol. The molecule has 0 saturated heterocycles. The molecule has 8 bridgehead atoms. The molecule has 1 aromatic rings. The van der Waals surface area contributed by atoms with Gasteiger partial charge in [0.2, 0.25) is 0 Å². The van der Waals surface area contributed by atoms with E-state index in [0.29, 0.717) is 11.1 Å². The normalized spacial score (nSPS) is 40.9. The van der Waals surface area contributed by atoms with E-state index in [0.717, 1.165) is 46.9 Å². The largest absolute Gasteiger partial charge is 0.271 e. The molecular formula is C32H42N4O2. The molecule has 2 amide bonds. The maximum absolute atomic E-state index is 12.8. The van der Waals surface area contributed by atoms with E-state index in [9.17, 15) is 9.59 Å². The molecule has 202 valence electrons. The zero-order valence-electron chi connectivity index (χ0n) is 23.0. The fourth-order valence-electron chi connectivity index (χ4n) is 10.5. The van der Waals surface area contributed by atoms with Crippen molar-refractivity contribution in [3.8, 4) is 0 Å². The van der Waals surface area contributed by atoms with Gasteiger partial charge in [0.1, 0.15) is 0 Å². The van der Waals surface area contributed by atoms with Crippen molar-refractivity contribution < 1.29 is 9.59 Å². The van der Waals surface area contributed by atoms with Crippen LogP contribution >= 0.6 is 0 Å². The van der Waals surface area contributed by atoms with Gasteiger partial charge in [-0.3, -0.25) is 9.59 Å². The van der Waals surface area contributed by atoms with Gasteiger partial charge in [-0.25, -0.2) is 10.9 Å². The minimum absolute atomic E-state index is 0.193. The SMILES string of the molecule is C/C(=N\NC(=O)c1ccc(C(=O)N/N=C(\C)C23CC4CC(CC(C4)C2)C3)cc1)C12CC3CC(CC(C3)C1)C2. The predicted molar refractivity (Wildman–Crippen MR) is 149 cm³/mol. The van der Waals surface area contributed by atoms with Crippen molar-refractivity contribution in [1.29, 1.82) is 0 Å². The van der Waals surface area contributed by atoms with Crippen molar-refractivity contribution in [2.45, 2.75) is 90.9 Å². The Hall–Kier alpha value is -2.50. The van der Waals surface area contributed by atoms with Crippen molar-refractivity contribution in [2.24, 2.45) is 56.5 Å². The first-order chi connectivity index (χ1) is 18.3. The Balaban J connectivity index is 0.967. The average Bonchev–Trinajstić information content (AvgIpc) is 2.88. The van der Waals surface area contributed by atoms with E-state index in [2.05, 4.69) is 34.9 Å². The predicted octanol–water partition coefficient (Wildman–Crippen LogP) is 6.33. The highest BCUT2D eigenvalue weighted by Gasteiger charge is 2.53. The lowest BCUT2D eigenvalue weighted by Gasteiger charge is -2.56. The summed E-state index contributed by atoms with van der Waals surface area (Å²) in [5.74, 6) is 4.64. The zero-order chi connectivity index (χ0) is 26.1. The molecule has 0 aromatic heterocycles. The fraction of sp³-hybridized carbons (Fsp3) is 0.688. The molecule has 9 rings (SSSR count). The summed E-state index contributed by atoms with van der Waals surface area (Å²) in [6.07, 6.45) is 15.8. The number of hydrazone groups is 2. The Labute approximate surface area is 226 Å². The summed E-state index contributed by atoms with van der Waals surface area (Å²) in [5, 5.41) is 9.19. The summed E-state index contributed by atoms with van der Waals surface area (Å²) in [6.45, 7) is 4.21. The number of carbonyl (C=O) groups is 2. The quantitative estimate of drug-likeness (QED) is 0.343. The van der Waals surface area contributed by atoms with Gasteiger partial charge < -0.3 is 0 Å². The summed E-state index contributed by atoms with van der Waals surface area (Å²) in [6, 6.07) is 6.82. The van der Waals surface area contributed by atoms with Gasteiger partial charge in [-0.15, -0.1) is 0 Å². The van der Waals surface area contributed by atoms with E-state index < -0.39 is 0 Å². The summed E-state index contributed by atoms with van der Waals surface area (Å²) in [5.41, 5.74) is 9.19. The number of hydrogen-bond donors (Lipinski definition) is 2. The molecule has 0 unspecified atom stereocenters. The minimum atomic E-state index is -0.225. The van der Waals surface area contributed by atoms with Crippen molar-refractivity contribution >= 4 is 23.2 Å². The molecular weight excluding hydrogens is 472 g/mol. The van der Waals surface area contributed by atoms with Gasteiger partial charge in [-0.1, -0.05) is 0 Å². The number of rotatable bonds is 6. The molecule has 8 saturated carbocycles. The van der Waals surface area contributed by atoms with Gasteiger partial charge >= 0.3 is 0 Å². The van der Waals surface area contributed by atoms with Crippen LogP contribution < -0.4 is 10.9 Å². The highest BCUT2D eigenvalue weighted by atomic mass is 16.2. The lowest BCUT2D eigenvalue weighted by Crippen LogP contribution is -2.49. The highest BCUT2D eigenvalue weighted by molar-refractivity contribution is 5.99. The third-order valence-electron chi connectivity index (χ3n) is 11.7. The smallest absolute Gasteiger partial charge is 0.267 e. The van der Waals surface area contributed by atoms with E-state index in [1.807, 2.05) is 0 Å². The van der Waals surface area contributed by atoms with Gasteiger partial charge in [0, 0.05) is 33.4 Å². The Morgan fingerprint density at radius 2 is 0.842 bits per heavy atom. The molecule has 0 atom stereocenters. The molecule has 6 heteroatoms. The molecule has 38 heavy (non-hydrogen) atoms. The topological polar surface area (TPSA) is 82.9 Å².